The van der Waals surface area contributed by atoms with Crippen LogP contribution in [0.1, 0.15) is 41.0 Å². The second-order valence-corrected chi connectivity index (χ2v) is 6.25. The summed E-state index contributed by atoms with van der Waals surface area (Å²) in [6, 6.07) is 6.65. The molecule has 0 spiro atoms. The zero-order valence-electron chi connectivity index (χ0n) is 13.1. The minimum absolute atomic E-state index is 0.152. The van der Waals surface area contributed by atoms with Gasteiger partial charge in [-0.05, 0) is 42.5 Å². The molecule has 0 saturated heterocycles. The van der Waals surface area contributed by atoms with Crippen LogP contribution in [0.15, 0.2) is 35.7 Å². The highest BCUT2D eigenvalue weighted by Gasteiger charge is 2.12. The second kappa shape index (κ2) is 8.54. The molecule has 128 valence electrons. The predicted molar refractivity (Wildman–Crippen MR) is 88.8 cm³/mol. The Morgan fingerprint density at radius 3 is 2.67 bits per heavy atom. The van der Waals surface area contributed by atoms with Crippen molar-refractivity contribution < 1.29 is 18.4 Å². The Bertz CT molecular complexity index is 705. The molecule has 1 aromatic carbocycles. The van der Waals surface area contributed by atoms with Crippen molar-refractivity contribution in [2.45, 2.75) is 25.8 Å². The average Bonchev–Trinajstić information content (AvgIpc) is 3.08. The summed E-state index contributed by atoms with van der Waals surface area (Å²) >= 11 is 1.35. The third-order valence-corrected chi connectivity index (χ3v) is 4.30. The molecule has 0 aliphatic carbocycles. The van der Waals surface area contributed by atoms with Crippen molar-refractivity contribution in [2.75, 3.05) is 6.54 Å². The Labute approximate surface area is 142 Å². The Morgan fingerprint density at radius 2 is 2.00 bits per heavy atom. The summed E-state index contributed by atoms with van der Waals surface area (Å²) in [4.78, 5) is 24.2. The van der Waals surface area contributed by atoms with E-state index in [1.165, 1.54) is 17.4 Å². The first kappa shape index (κ1) is 18.1. The number of nitrogens with one attached hydrogen (secondary N) is 2. The topological polar surface area (TPSA) is 58.2 Å². The molecule has 0 bridgehead atoms. The van der Waals surface area contributed by atoms with Crippen molar-refractivity contribution in [3.8, 4) is 0 Å². The van der Waals surface area contributed by atoms with Crippen LogP contribution in [-0.2, 0) is 4.79 Å². The van der Waals surface area contributed by atoms with Crippen molar-refractivity contribution in [2.24, 2.45) is 0 Å². The number of thiophene rings is 1. The quantitative estimate of drug-likeness (QED) is 0.750. The summed E-state index contributed by atoms with van der Waals surface area (Å²) in [7, 11) is 0. The lowest BCUT2D eigenvalue weighted by Crippen LogP contribution is -2.28. The van der Waals surface area contributed by atoms with E-state index < -0.39 is 17.7 Å². The lowest BCUT2D eigenvalue weighted by Gasteiger charge is -2.14. The Kier molecular flexibility index (Phi) is 6.43. The van der Waals surface area contributed by atoms with Crippen LogP contribution in [0.25, 0.3) is 0 Å². The highest BCUT2D eigenvalue weighted by atomic mass is 32.1. The van der Waals surface area contributed by atoms with E-state index >= 15 is 0 Å². The molecule has 2 aromatic rings. The second-order valence-electron chi connectivity index (χ2n) is 5.30. The molecule has 0 fully saturated rings. The third kappa shape index (κ3) is 5.13. The first-order chi connectivity index (χ1) is 11.5. The van der Waals surface area contributed by atoms with E-state index in [0.29, 0.717) is 23.4 Å². The van der Waals surface area contributed by atoms with Gasteiger partial charge < -0.3 is 10.6 Å². The van der Waals surface area contributed by atoms with Crippen molar-refractivity contribution >= 4 is 23.2 Å². The van der Waals surface area contributed by atoms with Gasteiger partial charge in [-0.2, -0.15) is 0 Å². The molecule has 1 atom stereocenters. The van der Waals surface area contributed by atoms with Crippen LogP contribution in [0.3, 0.4) is 0 Å². The van der Waals surface area contributed by atoms with Crippen molar-refractivity contribution in [3.05, 3.63) is 57.8 Å². The highest BCUT2D eigenvalue weighted by Crippen LogP contribution is 2.16. The molecule has 0 aliphatic rings. The molecule has 1 heterocycles. The zero-order valence-corrected chi connectivity index (χ0v) is 14.0. The lowest BCUT2D eigenvalue weighted by molar-refractivity contribution is -0.121. The van der Waals surface area contributed by atoms with Crippen LogP contribution in [0.5, 0.6) is 0 Å². The number of halogens is 2. The highest BCUT2D eigenvalue weighted by molar-refractivity contribution is 7.12. The summed E-state index contributed by atoms with van der Waals surface area (Å²) < 4.78 is 26.1. The maximum Gasteiger partial charge on any atom is 0.261 e. The van der Waals surface area contributed by atoms with Crippen LogP contribution < -0.4 is 10.6 Å². The number of carbonyl (C=O) groups excluding carboxylic acids is 2. The van der Waals surface area contributed by atoms with E-state index in [4.69, 9.17) is 0 Å². The number of carbonyl (C=O) groups is 2. The molecule has 2 rings (SSSR count). The van der Waals surface area contributed by atoms with Crippen LogP contribution in [0.4, 0.5) is 8.78 Å². The minimum Gasteiger partial charge on any atom is -0.351 e. The third-order valence-electron chi connectivity index (χ3n) is 3.43. The molecule has 7 heteroatoms. The summed E-state index contributed by atoms with van der Waals surface area (Å²) in [5, 5.41) is 7.28. The molecule has 0 radical (unpaired) electrons. The number of hydrogen-bond donors (Lipinski definition) is 2. The smallest absolute Gasteiger partial charge is 0.261 e. The largest absolute Gasteiger partial charge is 0.351 e. The van der Waals surface area contributed by atoms with Gasteiger partial charge in [-0.1, -0.05) is 12.1 Å². The lowest BCUT2D eigenvalue weighted by atomic mass is 10.1. The monoisotopic (exact) mass is 352 g/mol. The maximum absolute atomic E-state index is 13.2. The molecule has 1 aromatic heterocycles. The van der Waals surface area contributed by atoms with E-state index in [0.717, 1.165) is 12.1 Å². The Morgan fingerprint density at radius 1 is 1.21 bits per heavy atom. The van der Waals surface area contributed by atoms with Crippen LogP contribution in [-0.4, -0.2) is 18.4 Å². The van der Waals surface area contributed by atoms with E-state index in [1.807, 2.05) is 5.38 Å². The van der Waals surface area contributed by atoms with E-state index in [9.17, 15) is 18.4 Å². The fraction of sp³-hybridized carbons (Fsp3) is 0.294. The summed E-state index contributed by atoms with van der Waals surface area (Å²) in [5.41, 5.74) is 0.494. The molecule has 2 amide bonds. The number of hydrogen-bond acceptors (Lipinski definition) is 3. The molecular weight excluding hydrogens is 334 g/mol. The van der Waals surface area contributed by atoms with Crippen molar-refractivity contribution in [3.63, 3.8) is 0 Å². The summed E-state index contributed by atoms with van der Waals surface area (Å²) in [6.07, 6.45) is 0.728. The van der Waals surface area contributed by atoms with Gasteiger partial charge in [-0.15, -0.1) is 11.3 Å². The molecule has 2 N–H and O–H groups in total. The van der Waals surface area contributed by atoms with Crippen LogP contribution >= 0.6 is 11.3 Å². The standard InChI is InChI=1S/C17H18F2N2O2S/c1-11(12-6-7-13(18)14(19)10-12)21-16(22)5-2-8-20-17(23)15-4-3-9-24-15/h3-4,6-7,9-11H,2,5,8H2,1H3,(H,20,23)(H,21,22). The van der Waals surface area contributed by atoms with Gasteiger partial charge in [0.05, 0.1) is 10.9 Å². The average molecular weight is 352 g/mol. The fourth-order valence-electron chi connectivity index (χ4n) is 2.12. The molecule has 0 aliphatic heterocycles. The van der Waals surface area contributed by atoms with Gasteiger partial charge in [0.15, 0.2) is 11.6 Å². The van der Waals surface area contributed by atoms with E-state index in [-0.39, 0.29) is 18.2 Å². The van der Waals surface area contributed by atoms with Crippen LogP contribution in [0.2, 0.25) is 0 Å². The number of amides is 2. The van der Waals surface area contributed by atoms with Gasteiger partial charge >= 0.3 is 0 Å². The Hall–Kier alpha value is -2.28. The van der Waals surface area contributed by atoms with Crippen molar-refractivity contribution in [1.29, 1.82) is 0 Å². The van der Waals surface area contributed by atoms with Gasteiger partial charge in [0.2, 0.25) is 5.91 Å². The van der Waals surface area contributed by atoms with Gasteiger partial charge in [-0.25, -0.2) is 8.78 Å². The predicted octanol–water partition coefficient (Wildman–Crippen LogP) is 3.41. The zero-order chi connectivity index (χ0) is 17.5. The van der Waals surface area contributed by atoms with Gasteiger partial charge in [0, 0.05) is 13.0 Å². The molecule has 24 heavy (non-hydrogen) atoms. The Balaban J connectivity index is 1.71. The molecular formula is C17H18F2N2O2S. The maximum atomic E-state index is 13.2. The SMILES string of the molecule is CC(NC(=O)CCCNC(=O)c1cccs1)c1ccc(F)c(F)c1. The molecule has 0 saturated carbocycles. The first-order valence-electron chi connectivity index (χ1n) is 7.53. The minimum atomic E-state index is -0.940. The van der Waals surface area contributed by atoms with Crippen LogP contribution in [0, 0.1) is 11.6 Å². The van der Waals surface area contributed by atoms with Gasteiger partial charge in [-0.3, -0.25) is 9.59 Å². The van der Waals surface area contributed by atoms with Crippen molar-refractivity contribution in [1.82, 2.24) is 10.6 Å². The van der Waals surface area contributed by atoms with Gasteiger partial charge in [0.1, 0.15) is 0 Å². The first-order valence-corrected chi connectivity index (χ1v) is 8.41. The summed E-state index contributed by atoms with van der Waals surface area (Å²) in [6.45, 7) is 2.09. The van der Waals surface area contributed by atoms with Gasteiger partial charge in [0.25, 0.3) is 5.91 Å². The normalized spacial score (nSPS) is 11.8. The molecule has 4 nitrogen and oxygen atoms in total. The summed E-state index contributed by atoms with van der Waals surface area (Å²) in [5.74, 6) is -2.22. The van der Waals surface area contributed by atoms with E-state index in [2.05, 4.69) is 10.6 Å². The molecule has 1 unspecified atom stereocenters. The fourth-order valence-corrected chi connectivity index (χ4v) is 2.76. The number of rotatable bonds is 7. The number of benzene rings is 1. The van der Waals surface area contributed by atoms with E-state index in [1.54, 1.807) is 19.1 Å².